The van der Waals surface area contributed by atoms with Crippen molar-refractivity contribution in [2.45, 2.75) is 39.3 Å². The minimum Gasteiger partial charge on any atom is -0.497 e. The fraction of sp³-hybridized carbons (Fsp3) is 0.400. The first-order valence-corrected chi connectivity index (χ1v) is 9.31. The molecular weight excluding hydrogens is 376 g/mol. The third-order valence-electron chi connectivity index (χ3n) is 4.35. The van der Waals surface area contributed by atoms with Crippen LogP contribution in [0, 0.1) is 0 Å². The molecule has 0 saturated heterocycles. The van der Waals surface area contributed by atoms with Crippen molar-refractivity contribution in [1.29, 1.82) is 0 Å². The number of anilines is 1. The molecule has 29 heavy (non-hydrogen) atoms. The van der Waals surface area contributed by atoms with Gasteiger partial charge < -0.3 is 20.1 Å². The zero-order valence-electron chi connectivity index (χ0n) is 17.0. The van der Waals surface area contributed by atoms with E-state index in [0.29, 0.717) is 17.1 Å². The van der Waals surface area contributed by atoms with Gasteiger partial charge in [0.05, 0.1) is 19.3 Å². The summed E-state index contributed by atoms with van der Waals surface area (Å²) in [6.45, 7) is 5.11. The second-order valence-electron chi connectivity index (χ2n) is 6.45. The van der Waals surface area contributed by atoms with Crippen molar-refractivity contribution in [2.75, 3.05) is 19.0 Å². The Balaban J connectivity index is 1.82. The number of rotatable bonds is 9. The molecule has 1 aromatic heterocycles. The Kier molecular flexibility index (Phi) is 7.76. The van der Waals surface area contributed by atoms with Gasteiger partial charge in [-0.05, 0) is 44.5 Å². The molecule has 1 heterocycles. The van der Waals surface area contributed by atoms with Crippen molar-refractivity contribution >= 4 is 23.6 Å². The molecule has 0 saturated carbocycles. The van der Waals surface area contributed by atoms with Gasteiger partial charge in [0.2, 0.25) is 0 Å². The summed E-state index contributed by atoms with van der Waals surface area (Å²) < 4.78 is 11.8. The number of nitrogens with one attached hydrogen (secondary N) is 2. The number of carbonyl (C=O) groups is 3. The number of aromatic nitrogens is 2. The number of esters is 1. The van der Waals surface area contributed by atoms with Crippen LogP contribution in [-0.2, 0) is 14.3 Å². The van der Waals surface area contributed by atoms with Crippen molar-refractivity contribution in [3.63, 3.8) is 0 Å². The van der Waals surface area contributed by atoms with E-state index in [9.17, 15) is 14.4 Å². The molecule has 9 nitrogen and oxygen atoms in total. The van der Waals surface area contributed by atoms with Crippen LogP contribution in [0.2, 0.25) is 0 Å². The van der Waals surface area contributed by atoms with Gasteiger partial charge in [-0.1, -0.05) is 6.92 Å². The van der Waals surface area contributed by atoms with E-state index in [1.54, 1.807) is 41.2 Å². The van der Waals surface area contributed by atoms with Crippen molar-refractivity contribution in [3.8, 4) is 5.75 Å². The van der Waals surface area contributed by atoms with Gasteiger partial charge in [0.1, 0.15) is 18.1 Å². The fourth-order valence-corrected chi connectivity index (χ4v) is 2.45. The maximum Gasteiger partial charge on any atom is 0.326 e. The molecule has 9 heteroatoms. The van der Waals surface area contributed by atoms with E-state index in [1.807, 2.05) is 13.8 Å². The minimum atomic E-state index is -1.03. The average molecular weight is 402 g/mol. The topological polar surface area (TPSA) is 112 Å². The Labute approximate surface area is 169 Å². The third-order valence-corrected chi connectivity index (χ3v) is 4.35. The zero-order valence-corrected chi connectivity index (χ0v) is 17.0. The lowest BCUT2D eigenvalue weighted by Gasteiger charge is -2.17. The maximum absolute atomic E-state index is 12.3. The minimum absolute atomic E-state index is 0.117. The Hall–Kier alpha value is -3.36. The Morgan fingerprint density at radius 2 is 1.83 bits per heavy atom. The van der Waals surface area contributed by atoms with Gasteiger partial charge in [-0.25, -0.2) is 4.68 Å². The van der Waals surface area contributed by atoms with E-state index < -0.39 is 23.9 Å². The second-order valence-corrected chi connectivity index (χ2v) is 6.45. The van der Waals surface area contributed by atoms with E-state index in [2.05, 4.69) is 15.7 Å². The van der Waals surface area contributed by atoms with Crippen molar-refractivity contribution in [2.24, 2.45) is 0 Å². The molecular formula is C20H26N4O5. The molecule has 0 spiro atoms. The number of hydrogen-bond donors (Lipinski definition) is 2. The highest BCUT2D eigenvalue weighted by molar-refractivity contribution is 5.97. The van der Waals surface area contributed by atoms with Gasteiger partial charge in [-0.2, -0.15) is 5.10 Å². The predicted octanol–water partition coefficient (Wildman–Crippen LogP) is 2.16. The molecule has 0 radical (unpaired) electrons. The first-order chi connectivity index (χ1) is 13.8. The SMILES string of the molecule is CC[C@H](C)n1nccc1NC(=O)[C@H](C)OC(=O)CNC(=O)c1ccc(OC)cc1. The molecule has 2 N–H and O–H groups in total. The van der Waals surface area contributed by atoms with E-state index in [1.165, 1.54) is 14.0 Å². The Morgan fingerprint density at radius 3 is 2.45 bits per heavy atom. The molecule has 0 aliphatic carbocycles. The van der Waals surface area contributed by atoms with E-state index >= 15 is 0 Å². The monoisotopic (exact) mass is 402 g/mol. The van der Waals surface area contributed by atoms with E-state index in [4.69, 9.17) is 9.47 Å². The highest BCUT2D eigenvalue weighted by Gasteiger charge is 2.20. The highest BCUT2D eigenvalue weighted by Crippen LogP contribution is 2.16. The molecule has 2 aromatic rings. The van der Waals surface area contributed by atoms with Crippen molar-refractivity contribution < 1.29 is 23.9 Å². The summed E-state index contributed by atoms with van der Waals surface area (Å²) >= 11 is 0. The summed E-state index contributed by atoms with van der Waals surface area (Å²) in [5.41, 5.74) is 0.377. The van der Waals surface area contributed by atoms with Crippen LogP contribution in [0.15, 0.2) is 36.5 Å². The predicted molar refractivity (Wildman–Crippen MR) is 107 cm³/mol. The Bertz CT molecular complexity index is 847. The van der Waals surface area contributed by atoms with Crippen molar-refractivity contribution in [3.05, 3.63) is 42.1 Å². The number of hydrogen-bond acceptors (Lipinski definition) is 6. The van der Waals surface area contributed by atoms with Crippen LogP contribution in [-0.4, -0.2) is 47.3 Å². The largest absolute Gasteiger partial charge is 0.497 e. The van der Waals surface area contributed by atoms with Crippen LogP contribution in [0.25, 0.3) is 0 Å². The van der Waals surface area contributed by atoms with Gasteiger partial charge in [0.15, 0.2) is 6.10 Å². The molecule has 0 bridgehead atoms. The summed E-state index contributed by atoms with van der Waals surface area (Å²) in [6.07, 6.45) is 1.41. The molecule has 0 aliphatic heterocycles. The zero-order chi connectivity index (χ0) is 21.4. The molecule has 2 rings (SSSR count). The first-order valence-electron chi connectivity index (χ1n) is 9.31. The van der Waals surface area contributed by atoms with Crippen LogP contribution < -0.4 is 15.4 Å². The quantitative estimate of drug-likeness (QED) is 0.622. The van der Waals surface area contributed by atoms with Crippen LogP contribution in [0.5, 0.6) is 5.75 Å². The summed E-state index contributed by atoms with van der Waals surface area (Å²) in [4.78, 5) is 36.3. The summed E-state index contributed by atoms with van der Waals surface area (Å²) in [5, 5.41) is 9.34. The molecule has 156 valence electrons. The van der Waals surface area contributed by atoms with Gasteiger partial charge in [-0.3, -0.25) is 14.4 Å². The van der Waals surface area contributed by atoms with Crippen LogP contribution in [0.4, 0.5) is 5.82 Å². The maximum atomic E-state index is 12.3. The lowest BCUT2D eigenvalue weighted by molar-refractivity contribution is -0.152. The average Bonchev–Trinajstić information content (AvgIpc) is 3.19. The first kappa shape index (κ1) is 21.9. The molecule has 1 aromatic carbocycles. The fourth-order valence-electron chi connectivity index (χ4n) is 2.45. The van der Waals surface area contributed by atoms with E-state index in [-0.39, 0.29) is 12.6 Å². The van der Waals surface area contributed by atoms with Crippen molar-refractivity contribution in [1.82, 2.24) is 15.1 Å². The lowest BCUT2D eigenvalue weighted by Crippen LogP contribution is -2.36. The number of methoxy groups -OCH3 is 1. The molecule has 0 fully saturated rings. The molecule has 0 unspecified atom stereocenters. The second kappa shape index (κ2) is 10.3. The normalized spacial score (nSPS) is 12.6. The number of carbonyl (C=O) groups excluding carboxylic acids is 3. The van der Waals surface area contributed by atoms with Crippen LogP contribution in [0.1, 0.15) is 43.6 Å². The molecule has 0 aliphatic rings. The van der Waals surface area contributed by atoms with Gasteiger partial charge in [-0.15, -0.1) is 0 Å². The lowest BCUT2D eigenvalue weighted by atomic mass is 10.2. The number of ether oxygens (including phenoxy) is 2. The van der Waals surface area contributed by atoms with Gasteiger partial charge in [0, 0.05) is 11.6 Å². The van der Waals surface area contributed by atoms with Crippen LogP contribution >= 0.6 is 0 Å². The number of benzene rings is 1. The Morgan fingerprint density at radius 1 is 1.14 bits per heavy atom. The van der Waals surface area contributed by atoms with E-state index in [0.717, 1.165) is 6.42 Å². The third kappa shape index (κ3) is 6.06. The molecule has 2 atom stereocenters. The van der Waals surface area contributed by atoms with Gasteiger partial charge in [0.25, 0.3) is 11.8 Å². The number of nitrogens with zero attached hydrogens (tertiary/aromatic N) is 2. The van der Waals surface area contributed by atoms with Crippen LogP contribution in [0.3, 0.4) is 0 Å². The standard InChI is InChI=1S/C20H26N4O5/c1-5-13(2)24-17(10-11-22-24)23-19(26)14(3)29-18(25)12-21-20(27)15-6-8-16(28-4)9-7-15/h6-11,13-14H,5,12H2,1-4H3,(H,21,27)(H,23,26)/t13-,14-/m0/s1. The highest BCUT2D eigenvalue weighted by atomic mass is 16.5. The summed E-state index contributed by atoms with van der Waals surface area (Å²) in [6, 6.07) is 8.24. The van der Waals surface area contributed by atoms with Gasteiger partial charge >= 0.3 is 5.97 Å². The number of amides is 2. The molecule has 2 amide bonds. The summed E-state index contributed by atoms with van der Waals surface area (Å²) in [5.74, 6) is -0.482. The smallest absolute Gasteiger partial charge is 0.326 e. The summed E-state index contributed by atoms with van der Waals surface area (Å²) in [7, 11) is 1.53.